The fraction of sp³-hybridized carbons (Fsp3) is 0.800. The van der Waals surface area contributed by atoms with E-state index in [1.807, 2.05) is 0 Å². The van der Waals surface area contributed by atoms with Crippen molar-refractivity contribution in [2.24, 2.45) is 4.99 Å². The summed E-state index contributed by atoms with van der Waals surface area (Å²) in [5.41, 5.74) is 0. The molecule has 2 heterocycles. The van der Waals surface area contributed by atoms with Crippen LogP contribution in [0, 0.1) is 0 Å². The third-order valence-corrected chi connectivity index (χ3v) is 4.21. The van der Waals surface area contributed by atoms with Crippen molar-refractivity contribution in [3.63, 3.8) is 0 Å². The van der Waals surface area contributed by atoms with E-state index in [9.17, 15) is 9.59 Å². The maximum Gasteiger partial charge on any atom is 0.243 e. The molecule has 0 spiro atoms. The van der Waals surface area contributed by atoms with Crippen LogP contribution in [0.1, 0.15) is 19.3 Å². The molecule has 2 N–H and O–H groups in total. The van der Waals surface area contributed by atoms with E-state index in [4.69, 9.17) is 4.74 Å². The van der Waals surface area contributed by atoms with Crippen LogP contribution in [0.5, 0.6) is 0 Å². The Morgan fingerprint density at radius 2 is 1.83 bits per heavy atom. The van der Waals surface area contributed by atoms with Gasteiger partial charge in [-0.1, -0.05) is 0 Å². The van der Waals surface area contributed by atoms with Crippen molar-refractivity contribution in [2.75, 3.05) is 41.3 Å². The zero-order valence-corrected chi connectivity index (χ0v) is 14.3. The molecule has 3 unspecified atom stereocenters. The van der Waals surface area contributed by atoms with Gasteiger partial charge in [-0.25, -0.2) is 4.99 Å². The summed E-state index contributed by atoms with van der Waals surface area (Å²) in [5.74, 6) is 0.341. The fourth-order valence-electron chi connectivity index (χ4n) is 2.72. The number of hydrogen-bond donors (Lipinski definition) is 2. The van der Waals surface area contributed by atoms with Crippen LogP contribution in [0.3, 0.4) is 0 Å². The maximum atomic E-state index is 11.7. The molecular formula is C15H27N5O3. The number of nitrogens with zero attached hydrogens (tertiary/aromatic N) is 3. The third-order valence-electron chi connectivity index (χ3n) is 4.21. The van der Waals surface area contributed by atoms with E-state index in [1.54, 1.807) is 28.2 Å². The zero-order valence-electron chi connectivity index (χ0n) is 14.3. The largest absolute Gasteiger partial charge is 0.373 e. The first-order valence-corrected chi connectivity index (χ1v) is 7.97. The summed E-state index contributed by atoms with van der Waals surface area (Å²) >= 11 is 0. The van der Waals surface area contributed by atoms with Gasteiger partial charge in [0.25, 0.3) is 0 Å². The number of ether oxygens (including phenoxy) is 1. The topological polar surface area (TPSA) is 86.3 Å². The predicted molar refractivity (Wildman–Crippen MR) is 87.1 cm³/mol. The highest BCUT2D eigenvalue weighted by Crippen LogP contribution is 2.34. The second kappa shape index (κ2) is 7.63. The average Bonchev–Trinajstić information content (AvgIpc) is 3.11. The number of amides is 2. The second-order valence-corrected chi connectivity index (χ2v) is 6.46. The van der Waals surface area contributed by atoms with E-state index in [0.29, 0.717) is 12.1 Å². The van der Waals surface area contributed by atoms with Gasteiger partial charge in [0.05, 0.1) is 24.8 Å². The minimum absolute atomic E-state index is 0.0418. The molecule has 2 rings (SSSR count). The summed E-state index contributed by atoms with van der Waals surface area (Å²) in [6.07, 6.45) is 3.62. The van der Waals surface area contributed by atoms with Crippen LogP contribution in [0.15, 0.2) is 4.99 Å². The lowest BCUT2D eigenvalue weighted by Gasteiger charge is -2.23. The third kappa shape index (κ3) is 4.82. The van der Waals surface area contributed by atoms with Crippen molar-refractivity contribution in [1.29, 1.82) is 0 Å². The number of fused-ring (bicyclic) bond motifs is 2. The Hall–Kier alpha value is -1.83. The van der Waals surface area contributed by atoms with Gasteiger partial charge in [0.15, 0.2) is 5.96 Å². The van der Waals surface area contributed by atoms with Crippen LogP contribution in [-0.4, -0.2) is 87.1 Å². The molecule has 0 aromatic heterocycles. The minimum Gasteiger partial charge on any atom is -0.373 e. The molecule has 0 saturated carbocycles. The Bertz CT molecular complexity index is 478. The van der Waals surface area contributed by atoms with Crippen molar-refractivity contribution in [3.05, 3.63) is 0 Å². The number of aliphatic imine (C=N–C) groups is 1. The molecule has 130 valence electrons. The summed E-state index contributed by atoms with van der Waals surface area (Å²) in [4.78, 5) is 30.8. The molecule has 2 aliphatic heterocycles. The van der Waals surface area contributed by atoms with E-state index >= 15 is 0 Å². The predicted octanol–water partition coefficient (Wildman–Crippen LogP) is -0.982. The number of rotatable bonds is 5. The molecule has 8 nitrogen and oxygen atoms in total. The molecule has 2 aliphatic rings. The number of likely N-dealkylation sites (N-methyl/N-ethyl adjacent to an activating group) is 2. The normalized spacial score (nSPS) is 26.1. The Kier molecular flexibility index (Phi) is 5.81. The fourth-order valence-corrected chi connectivity index (χ4v) is 2.72. The van der Waals surface area contributed by atoms with Crippen LogP contribution in [0.25, 0.3) is 0 Å². The molecular weight excluding hydrogens is 298 g/mol. The summed E-state index contributed by atoms with van der Waals surface area (Å²) in [6, 6.07) is 0.184. The summed E-state index contributed by atoms with van der Waals surface area (Å²) in [7, 11) is 6.79. The molecule has 2 fully saturated rings. The first kappa shape index (κ1) is 17.5. The van der Waals surface area contributed by atoms with Crippen LogP contribution in [-0.2, 0) is 14.3 Å². The van der Waals surface area contributed by atoms with Gasteiger partial charge in [0.2, 0.25) is 11.8 Å². The van der Waals surface area contributed by atoms with Crippen molar-refractivity contribution < 1.29 is 14.3 Å². The summed E-state index contributed by atoms with van der Waals surface area (Å²) < 4.78 is 5.82. The summed E-state index contributed by atoms with van der Waals surface area (Å²) in [6.45, 7) is 0.177. The van der Waals surface area contributed by atoms with Crippen LogP contribution < -0.4 is 10.6 Å². The zero-order chi connectivity index (χ0) is 17.0. The minimum atomic E-state index is -0.0887. The van der Waals surface area contributed by atoms with Gasteiger partial charge in [0.1, 0.15) is 6.54 Å². The lowest BCUT2D eigenvalue weighted by atomic mass is 9.96. The van der Waals surface area contributed by atoms with Crippen molar-refractivity contribution in [3.8, 4) is 0 Å². The molecule has 8 heteroatoms. The molecule has 0 aromatic rings. The Labute approximate surface area is 137 Å². The van der Waals surface area contributed by atoms with Crippen molar-refractivity contribution in [1.82, 2.24) is 20.4 Å². The van der Waals surface area contributed by atoms with Gasteiger partial charge in [-0.2, -0.15) is 0 Å². The monoisotopic (exact) mass is 325 g/mol. The highest BCUT2D eigenvalue weighted by molar-refractivity contribution is 5.88. The van der Waals surface area contributed by atoms with Gasteiger partial charge in [-0.05, 0) is 19.3 Å². The van der Waals surface area contributed by atoms with Crippen molar-refractivity contribution >= 4 is 17.8 Å². The van der Waals surface area contributed by atoms with Crippen LogP contribution in [0.4, 0.5) is 0 Å². The molecule has 3 atom stereocenters. The maximum absolute atomic E-state index is 11.7. The molecule has 0 aromatic carbocycles. The lowest BCUT2D eigenvalue weighted by molar-refractivity contribution is -0.127. The van der Waals surface area contributed by atoms with E-state index < -0.39 is 0 Å². The molecule has 2 saturated heterocycles. The smallest absolute Gasteiger partial charge is 0.243 e. The van der Waals surface area contributed by atoms with E-state index in [2.05, 4.69) is 15.6 Å². The second-order valence-electron chi connectivity index (χ2n) is 6.46. The first-order valence-electron chi connectivity index (χ1n) is 7.97. The number of guanidine groups is 1. The quantitative estimate of drug-likeness (QED) is 0.501. The Morgan fingerprint density at radius 1 is 1.13 bits per heavy atom. The average molecular weight is 325 g/mol. The van der Waals surface area contributed by atoms with E-state index in [-0.39, 0.29) is 37.0 Å². The van der Waals surface area contributed by atoms with Gasteiger partial charge in [-0.15, -0.1) is 0 Å². The highest BCUT2D eigenvalue weighted by Gasteiger charge is 2.41. The summed E-state index contributed by atoms with van der Waals surface area (Å²) in [5, 5.41) is 6.31. The number of carbonyl (C=O) groups excluding carboxylic acids is 2. The number of carbonyl (C=O) groups is 2. The van der Waals surface area contributed by atoms with E-state index in [1.165, 1.54) is 9.80 Å². The SMILES string of the molecule is CN(C)C(=O)CN=C(NCC(=O)N(C)C)NC1CC2CCC1O2. The molecule has 0 radical (unpaired) electrons. The molecule has 23 heavy (non-hydrogen) atoms. The Morgan fingerprint density at radius 3 is 2.35 bits per heavy atom. The highest BCUT2D eigenvalue weighted by atomic mass is 16.5. The van der Waals surface area contributed by atoms with E-state index in [0.717, 1.165) is 19.3 Å². The lowest BCUT2D eigenvalue weighted by Crippen LogP contribution is -2.49. The van der Waals surface area contributed by atoms with Gasteiger partial charge in [-0.3, -0.25) is 9.59 Å². The molecule has 2 amide bonds. The van der Waals surface area contributed by atoms with Gasteiger partial charge in [0, 0.05) is 28.2 Å². The standard InChI is InChI=1S/C15H27N5O3/c1-19(2)13(21)8-16-15(17-9-14(22)20(3)4)18-11-7-10-5-6-12(11)23-10/h10-12H,5-9H2,1-4H3,(H2,16,17,18). The van der Waals surface area contributed by atoms with Crippen molar-refractivity contribution in [2.45, 2.75) is 37.5 Å². The number of hydrogen-bond acceptors (Lipinski definition) is 4. The van der Waals surface area contributed by atoms with Crippen LogP contribution in [0.2, 0.25) is 0 Å². The first-order chi connectivity index (χ1) is 10.9. The number of nitrogens with one attached hydrogen (secondary N) is 2. The molecule has 2 bridgehead atoms. The van der Waals surface area contributed by atoms with Gasteiger partial charge < -0.3 is 25.2 Å². The Balaban J connectivity index is 1.94. The van der Waals surface area contributed by atoms with Crippen LogP contribution >= 0.6 is 0 Å². The molecule has 0 aliphatic carbocycles. The van der Waals surface area contributed by atoms with Gasteiger partial charge >= 0.3 is 0 Å².